The predicted octanol–water partition coefficient (Wildman–Crippen LogP) is 1.80. The summed E-state index contributed by atoms with van der Waals surface area (Å²) in [4.78, 5) is 52.4. The largest absolute Gasteiger partial charge is 0.445 e. The molecule has 0 heterocycles. The average molecular weight is 556 g/mol. The summed E-state index contributed by atoms with van der Waals surface area (Å²) in [5.74, 6) is -1.01. The van der Waals surface area contributed by atoms with E-state index < -0.39 is 42.6 Å². The maximum atomic E-state index is 13.4. The Labute approximate surface area is 235 Å². The molecule has 11 heteroatoms. The molecule has 0 aliphatic heterocycles. The molecule has 218 valence electrons. The lowest BCUT2D eigenvalue weighted by Gasteiger charge is -2.26. The monoisotopic (exact) mass is 555 g/mol. The van der Waals surface area contributed by atoms with Gasteiger partial charge in [0, 0.05) is 27.1 Å². The highest BCUT2D eigenvalue weighted by molar-refractivity contribution is 5.91. The van der Waals surface area contributed by atoms with Gasteiger partial charge in [0.05, 0.1) is 12.6 Å². The molecule has 0 saturated heterocycles. The van der Waals surface area contributed by atoms with Gasteiger partial charge in [-0.3, -0.25) is 9.59 Å². The molecule has 2 rings (SSSR count). The van der Waals surface area contributed by atoms with Gasteiger partial charge < -0.3 is 36.0 Å². The van der Waals surface area contributed by atoms with E-state index in [0.29, 0.717) is 6.42 Å². The number of amides is 5. The number of ether oxygens (including phenoxy) is 1. The number of alkyl carbamates (subject to hydrolysis) is 1. The summed E-state index contributed by atoms with van der Waals surface area (Å²) >= 11 is 0. The van der Waals surface area contributed by atoms with E-state index in [1.165, 1.54) is 4.90 Å². The van der Waals surface area contributed by atoms with Gasteiger partial charge in [0.1, 0.15) is 18.7 Å². The fourth-order valence-electron chi connectivity index (χ4n) is 3.77. The number of carbonyl (C=O) groups is 4. The number of hydrogen-bond donors (Lipinski definition) is 5. The fourth-order valence-corrected chi connectivity index (χ4v) is 3.77. The van der Waals surface area contributed by atoms with Crippen LogP contribution in [0.2, 0.25) is 0 Å². The van der Waals surface area contributed by atoms with E-state index in [1.54, 1.807) is 14.1 Å². The van der Waals surface area contributed by atoms with Gasteiger partial charge >= 0.3 is 12.1 Å². The molecule has 11 nitrogen and oxygen atoms in total. The smallest absolute Gasteiger partial charge is 0.408 e. The van der Waals surface area contributed by atoms with Crippen molar-refractivity contribution >= 4 is 23.9 Å². The Morgan fingerprint density at radius 3 is 1.95 bits per heavy atom. The zero-order valence-electron chi connectivity index (χ0n) is 23.6. The molecule has 3 atom stereocenters. The second kappa shape index (κ2) is 16.8. The van der Waals surface area contributed by atoms with E-state index in [0.717, 1.165) is 11.1 Å². The summed E-state index contributed by atoms with van der Waals surface area (Å²) in [5.41, 5.74) is 1.61. The van der Waals surface area contributed by atoms with Crippen molar-refractivity contribution in [2.45, 2.75) is 51.4 Å². The normalized spacial score (nSPS) is 12.9. The molecule has 5 N–H and O–H groups in total. The first-order chi connectivity index (χ1) is 19.1. The molecule has 0 spiro atoms. The lowest BCUT2D eigenvalue weighted by molar-refractivity contribution is -0.130. The minimum Gasteiger partial charge on any atom is -0.445 e. The van der Waals surface area contributed by atoms with E-state index in [-0.39, 0.29) is 31.5 Å². The Morgan fingerprint density at radius 1 is 0.825 bits per heavy atom. The summed E-state index contributed by atoms with van der Waals surface area (Å²) in [6.45, 7) is 3.46. The first-order valence-corrected chi connectivity index (χ1v) is 13.3. The second-order valence-electron chi connectivity index (χ2n) is 10.1. The van der Waals surface area contributed by atoms with E-state index in [9.17, 15) is 24.3 Å². The molecule has 5 amide bonds. The third-order valence-electron chi connectivity index (χ3n) is 5.92. The fraction of sp³-hybridized carbons (Fsp3) is 0.448. The van der Waals surface area contributed by atoms with Crippen LogP contribution in [0.1, 0.15) is 31.4 Å². The van der Waals surface area contributed by atoms with Gasteiger partial charge in [-0.2, -0.15) is 0 Å². The van der Waals surface area contributed by atoms with Crippen LogP contribution < -0.4 is 21.3 Å². The van der Waals surface area contributed by atoms with Crippen molar-refractivity contribution in [2.24, 2.45) is 5.92 Å². The van der Waals surface area contributed by atoms with Crippen molar-refractivity contribution in [2.75, 3.05) is 27.2 Å². The van der Waals surface area contributed by atoms with Crippen LogP contribution in [-0.4, -0.2) is 79.3 Å². The zero-order valence-corrected chi connectivity index (χ0v) is 23.6. The van der Waals surface area contributed by atoms with Crippen LogP contribution in [0.5, 0.6) is 0 Å². The van der Waals surface area contributed by atoms with Crippen molar-refractivity contribution in [3.8, 4) is 0 Å². The van der Waals surface area contributed by atoms with Crippen LogP contribution >= 0.6 is 0 Å². The number of rotatable bonds is 14. The number of nitrogens with one attached hydrogen (secondary N) is 4. The van der Waals surface area contributed by atoms with E-state index in [1.807, 2.05) is 74.5 Å². The molecule has 2 aromatic rings. The van der Waals surface area contributed by atoms with E-state index in [4.69, 9.17) is 4.74 Å². The molecule has 40 heavy (non-hydrogen) atoms. The minimum absolute atomic E-state index is 0.00393. The number of carbonyl (C=O) groups excluding carboxylic acids is 4. The number of nitrogens with zero attached hydrogens (tertiary/aromatic N) is 1. The van der Waals surface area contributed by atoms with Crippen LogP contribution in [0.25, 0.3) is 0 Å². The topological polar surface area (TPSA) is 149 Å². The average Bonchev–Trinajstić information content (AvgIpc) is 2.93. The standard InChI is InChI=1S/C29H41N5O6/c1-20(2)15-24(33-29(39)40-19-22-13-9-6-10-14-22)27(37)32-25(16-21-11-7-5-8-12-21)26(36)31-23(18-35)17-30-28(38)34(3)4/h5-14,20,23-25,35H,15-19H2,1-4H3,(H,30,38)(H,31,36)(H,32,37)(H,33,39)/t23-,24-,25-/m0/s1. The lowest BCUT2D eigenvalue weighted by atomic mass is 10.0. The zero-order chi connectivity index (χ0) is 29.5. The number of aliphatic hydroxyl groups excluding tert-OH is 1. The third-order valence-corrected chi connectivity index (χ3v) is 5.92. The highest BCUT2D eigenvalue weighted by Crippen LogP contribution is 2.09. The highest BCUT2D eigenvalue weighted by Gasteiger charge is 2.29. The molecular weight excluding hydrogens is 514 g/mol. The van der Waals surface area contributed by atoms with Crippen molar-refractivity contribution < 1.29 is 29.0 Å². The number of urea groups is 1. The van der Waals surface area contributed by atoms with Crippen LogP contribution in [0.4, 0.5) is 9.59 Å². The highest BCUT2D eigenvalue weighted by atomic mass is 16.5. The summed E-state index contributed by atoms with van der Waals surface area (Å²) in [6.07, 6.45) is -0.249. The Balaban J connectivity index is 2.12. The molecule has 0 unspecified atom stereocenters. The molecule has 0 fully saturated rings. The van der Waals surface area contributed by atoms with Gasteiger partial charge in [-0.25, -0.2) is 9.59 Å². The van der Waals surface area contributed by atoms with E-state index >= 15 is 0 Å². The van der Waals surface area contributed by atoms with Gasteiger partial charge in [0.2, 0.25) is 11.8 Å². The lowest BCUT2D eigenvalue weighted by Crippen LogP contribution is -2.57. The van der Waals surface area contributed by atoms with Gasteiger partial charge in [0.15, 0.2) is 0 Å². The quantitative estimate of drug-likeness (QED) is 0.240. The van der Waals surface area contributed by atoms with Crippen LogP contribution in [-0.2, 0) is 27.4 Å². The summed E-state index contributed by atoms with van der Waals surface area (Å²) in [6, 6.07) is 15.2. The Hall–Kier alpha value is -4.12. The van der Waals surface area contributed by atoms with Crippen molar-refractivity contribution in [3.63, 3.8) is 0 Å². The summed E-state index contributed by atoms with van der Waals surface area (Å²) in [7, 11) is 3.15. The molecule has 0 aromatic heterocycles. The molecular formula is C29H41N5O6. The van der Waals surface area contributed by atoms with Crippen molar-refractivity contribution in [1.82, 2.24) is 26.2 Å². The van der Waals surface area contributed by atoms with E-state index in [2.05, 4.69) is 21.3 Å². The Bertz CT molecular complexity index is 1080. The van der Waals surface area contributed by atoms with Crippen molar-refractivity contribution in [1.29, 1.82) is 0 Å². The molecule has 0 aliphatic rings. The van der Waals surface area contributed by atoms with Gasteiger partial charge in [-0.15, -0.1) is 0 Å². The first-order valence-electron chi connectivity index (χ1n) is 13.3. The maximum Gasteiger partial charge on any atom is 0.408 e. The first kappa shape index (κ1) is 32.1. The molecule has 0 aliphatic carbocycles. The van der Waals surface area contributed by atoms with Gasteiger partial charge in [0.25, 0.3) is 0 Å². The SMILES string of the molecule is CC(C)C[C@H](NC(=O)OCc1ccccc1)C(=O)N[C@@H](Cc1ccccc1)C(=O)N[C@H](CO)CNC(=O)N(C)C. The minimum atomic E-state index is -1.01. The Kier molecular flexibility index (Phi) is 13.4. The second-order valence-corrected chi connectivity index (χ2v) is 10.1. The van der Waals surface area contributed by atoms with Crippen molar-refractivity contribution in [3.05, 3.63) is 71.8 Å². The summed E-state index contributed by atoms with van der Waals surface area (Å²) < 4.78 is 5.29. The van der Waals surface area contributed by atoms with Crippen LogP contribution in [0, 0.1) is 5.92 Å². The van der Waals surface area contributed by atoms with Gasteiger partial charge in [-0.05, 0) is 23.5 Å². The molecule has 2 aromatic carbocycles. The molecule has 0 bridgehead atoms. The summed E-state index contributed by atoms with van der Waals surface area (Å²) in [5, 5.41) is 20.5. The number of hydrogen-bond acceptors (Lipinski definition) is 6. The van der Waals surface area contributed by atoms with Crippen LogP contribution in [0.15, 0.2) is 60.7 Å². The number of aliphatic hydroxyl groups is 1. The van der Waals surface area contributed by atoms with Gasteiger partial charge in [-0.1, -0.05) is 74.5 Å². The molecule has 0 saturated carbocycles. The maximum absolute atomic E-state index is 13.4. The predicted molar refractivity (Wildman–Crippen MR) is 151 cm³/mol. The number of benzene rings is 2. The Morgan fingerprint density at radius 2 is 1.40 bits per heavy atom. The third kappa shape index (κ3) is 11.7. The molecule has 0 radical (unpaired) electrons. The van der Waals surface area contributed by atoms with Crippen LogP contribution in [0.3, 0.4) is 0 Å².